The van der Waals surface area contributed by atoms with Gasteiger partial charge in [-0.25, -0.2) is 0 Å². The number of hydrogen-bond acceptors (Lipinski definition) is 5. The Morgan fingerprint density at radius 2 is 2.46 bits per heavy atom. The second-order valence-corrected chi connectivity index (χ2v) is 6.83. The summed E-state index contributed by atoms with van der Waals surface area (Å²) < 4.78 is 16.6. The van der Waals surface area contributed by atoms with Gasteiger partial charge in [-0.3, -0.25) is 4.99 Å². The lowest BCUT2D eigenvalue weighted by atomic mass is 10.3. The van der Waals surface area contributed by atoms with Crippen molar-refractivity contribution in [1.82, 2.24) is 10.6 Å². The highest BCUT2D eigenvalue weighted by Crippen LogP contribution is 2.08. The predicted molar refractivity (Wildman–Crippen MR) is 98.9 cm³/mol. The molecular weight excluding hydrogens is 326 g/mol. The third kappa shape index (κ3) is 7.59. The Kier molecular flexibility index (Phi) is 9.09. The zero-order valence-electron chi connectivity index (χ0n) is 14.6. The highest BCUT2D eigenvalue weighted by atomic mass is 32.2. The second kappa shape index (κ2) is 11.4. The quantitative estimate of drug-likeness (QED) is 0.380. The lowest BCUT2D eigenvalue weighted by Gasteiger charge is -2.20. The summed E-state index contributed by atoms with van der Waals surface area (Å²) in [5, 5.41) is 6.78. The molecule has 2 unspecified atom stereocenters. The number of thioether (sulfide) groups is 1. The molecule has 1 saturated heterocycles. The molecule has 24 heavy (non-hydrogen) atoms. The molecule has 0 aliphatic carbocycles. The maximum Gasteiger partial charge on any atom is 0.191 e. The normalized spacial score (nSPS) is 19.4. The van der Waals surface area contributed by atoms with Crippen LogP contribution in [0.3, 0.4) is 0 Å². The Labute approximate surface area is 148 Å². The van der Waals surface area contributed by atoms with E-state index in [1.54, 1.807) is 18.0 Å². The molecule has 2 atom stereocenters. The third-order valence-corrected chi connectivity index (χ3v) is 4.25. The van der Waals surface area contributed by atoms with Gasteiger partial charge >= 0.3 is 0 Å². The van der Waals surface area contributed by atoms with Crippen LogP contribution in [-0.2, 0) is 15.9 Å². The maximum atomic E-state index is 5.87. The fraction of sp³-hybridized carbons (Fsp3) is 0.706. The van der Waals surface area contributed by atoms with Crippen LogP contribution in [0.1, 0.15) is 19.1 Å². The predicted octanol–water partition coefficient (Wildman–Crippen LogP) is 1.91. The maximum absolute atomic E-state index is 5.87. The van der Waals surface area contributed by atoms with Crippen molar-refractivity contribution in [3.8, 4) is 0 Å². The lowest BCUT2D eigenvalue weighted by molar-refractivity contribution is 0.0347. The highest BCUT2D eigenvalue weighted by Gasteiger charge is 2.17. The van der Waals surface area contributed by atoms with E-state index < -0.39 is 0 Å². The summed E-state index contributed by atoms with van der Waals surface area (Å²) in [6, 6.07) is 4.09. The van der Waals surface area contributed by atoms with Crippen LogP contribution in [0.4, 0.5) is 0 Å². The molecule has 1 fully saturated rings. The molecule has 2 rings (SSSR count). The molecular formula is C17H29N3O3S. The Morgan fingerprint density at radius 1 is 1.54 bits per heavy atom. The molecule has 136 valence electrons. The van der Waals surface area contributed by atoms with Crippen LogP contribution in [0.15, 0.2) is 27.8 Å². The number of ether oxygens (including phenoxy) is 2. The van der Waals surface area contributed by atoms with E-state index in [0.717, 1.165) is 50.0 Å². The van der Waals surface area contributed by atoms with Crippen molar-refractivity contribution < 1.29 is 13.9 Å². The molecule has 1 aromatic heterocycles. The Bertz CT molecular complexity index is 462. The second-order valence-electron chi connectivity index (χ2n) is 5.84. The number of guanidine groups is 1. The Hall–Kier alpha value is -1.18. The minimum Gasteiger partial charge on any atom is -0.469 e. The molecule has 0 saturated carbocycles. The standard InChI is InChI=1S/C17H29N3O3S/c1-14(12-23-16-6-10-21-13-16)20-17(19-8-11-24-2)18-7-5-15-4-3-9-22-15/h3-4,9,14,16H,5-8,10-13H2,1-2H3,(H2,18,19,20). The topological polar surface area (TPSA) is 68.0 Å². The first kappa shape index (κ1) is 19.1. The molecule has 0 aromatic carbocycles. The summed E-state index contributed by atoms with van der Waals surface area (Å²) >= 11 is 1.80. The smallest absolute Gasteiger partial charge is 0.191 e. The van der Waals surface area contributed by atoms with Crippen molar-refractivity contribution >= 4 is 17.7 Å². The average Bonchev–Trinajstić information content (AvgIpc) is 3.26. The van der Waals surface area contributed by atoms with Crippen molar-refractivity contribution in [1.29, 1.82) is 0 Å². The van der Waals surface area contributed by atoms with Gasteiger partial charge in [-0.15, -0.1) is 0 Å². The molecule has 1 aliphatic rings. The minimum atomic E-state index is 0.190. The van der Waals surface area contributed by atoms with E-state index >= 15 is 0 Å². The van der Waals surface area contributed by atoms with Crippen LogP contribution >= 0.6 is 11.8 Å². The van der Waals surface area contributed by atoms with Gasteiger partial charge in [0.05, 0.1) is 32.1 Å². The van der Waals surface area contributed by atoms with Crippen LogP contribution in [0.25, 0.3) is 0 Å². The average molecular weight is 356 g/mol. The van der Waals surface area contributed by atoms with Gasteiger partial charge in [0.15, 0.2) is 5.96 Å². The fourth-order valence-corrected chi connectivity index (χ4v) is 2.63. The molecule has 0 spiro atoms. The van der Waals surface area contributed by atoms with Crippen molar-refractivity contribution in [2.24, 2.45) is 4.99 Å². The van der Waals surface area contributed by atoms with E-state index in [-0.39, 0.29) is 12.1 Å². The van der Waals surface area contributed by atoms with E-state index in [1.165, 1.54) is 0 Å². The monoisotopic (exact) mass is 355 g/mol. The first-order valence-corrected chi connectivity index (χ1v) is 9.93. The van der Waals surface area contributed by atoms with Gasteiger partial charge in [-0.1, -0.05) is 0 Å². The van der Waals surface area contributed by atoms with Crippen LogP contribution < -0.4 is 10.6 Å². The van der Waals surface area contributed by atoms with Crippen molar-refractivity contribution in [3.05, 3.63) is 24.2 Å². The number of hydrogen-bond donors (Lipinski definition) is 2. The van der Waals surface area contributed by atoms with E-state index in [1.807, 2.05) is 12.1 Å². The van der Waals surface area contributed by atoms with E-state index in [4.69, 9.17) is 13.9 Å². The zero-order chi connectivity index (χ0) is 17.0. The lowest BCUT2D eigenvalue weighted by Crippen LogP contribution is -2.45. The fourth-order valence-electron chi connectivity index (χ4n) is 2.36. The molecule has 1 aromatic rings. The van der Waals surface area contributed by atoms with Gasteiger partial charge in [-0.05, 0) is 31.7 Å². The largest absolute Gasteiger partial charge is 0.469 e. The summed E-state index contributed by atoms with van der Waals surface area (Å²) in [7, 11) is 0. The van der Waals surface area contributed by atoms with E-state index in [2.05, 4.69) is 28.8 Å². The molecule has 6 nitrogen and oxygen atoms in total. The SMILES string of the molecule is CSCCN=C(NCCc1ccco1)NC(C)COC1CCOC1. The van der Waals surface area contributed by atoms with Gasteiger partial charge < -0.3 is 24.5 Å². The van der Waals surface area contributed by atoms with Crippen molar-refractivity contribution in [2.75, 3.05) is 44.9 Å². The van der Waals surface area contributed by atoms with Crippen molar-refractivity contribution in [3.63, 3.8) is 0 Å². The highest BCUT2D eigenvalue weighted by molar-refractivity contribution is 7.98. The number of nitrogens with zero attached hydrogens (tertiary/aromatic N) is 1. The summed E-state index contributed by atoms with van der Waals surface area (Å²) in [5.74, 6) is 2.81. The van der Waals surface area contributed by atoms with Crippen LogP contribution in [0.2, 0.25) is 0 Å². The van der Waals surface area contributed by atoms with Gasteiger partial charge in [0.25, 0.3) is 0 Å². The molecule has 0 radical (unpaired) electrons. The molecule has 2 heterocycles. The first-order valence-electron chi connectivity index (χ1n) is 8.53. The molecule has 0 amide bonds. The van der Waals surface area contributed by atoms with E-state index in [0.29, 0.717) is 13.2 Å². The molecule has 1 aliphatic heterocycles. The third-order valence-electron chi connectivity index (χ3n) is 3.66. The van der Waals surface area contributed by atoms with Crippen molar-refractivity contribution in [2.45, 2.75) is 31.9 Å². The summed E-state index contributed by atoms with van der Waals surface area (Å²) in [4.78, 5) is 4.61. The van der Waals surface area contributed by atoms with Crippen LogP contribution in [0.5, 0.6) is 0 Å². The number of aliphatic imine (C=N–C) groups is 1. The molecule has 7 heteroatoms. The van der Waals surface area contributed by atoms with Gasteiger partial charge in [0.1, 0.15) is 5.76 Å². The van der Waals surface area contributed by atoms with Crippen LogP contribution in [0, 0.1) is 0 Å². The first-order chi connectivity index (χ1) is 11.8. The van der Waals surface area contributed by atoms with E-state index in [9.17, 15) is 0 Å². The van der Waals surface area contributed by atoms with Gasteiger partial charge in [-0.2, -0.15) is 11.8 Å². The molecule has 0 bridgehead atoms. The van der Waals surface area contributed by atoms with Gasteiger partial charge in [0.2, 0.25) is 0 Å². The number of rotatable bonds is 10. The summed E-state index contributed by atoms with van der Waals surface area (Å²) in [6.07, 6.45) is 5.85. The Balaban J connectivity index is 1.72. The zero-order valence-corrected chi connectivity index (χ0v) is 15.4. The number of furan rings is 1. The summed E-state index contributed by atoms with van der Waals surface area (Å²) in [6.45, 7) is 5.85. The van der Waals surface area contributed by atoms with Crippen LogP contribution in [-0.4, -0.2) is 63.0 Å². The molecule has 2 N–H and O–H groups in total. The summed E-state index contributed by atoms with van der Waals surface area (Å²) in [5.41, 5.74) is 0. The van der Waals surface area contributed by atoms with Gasteiger partial charge in [0, 0.05) is 31.4 Å². The minimum absolute atomic E-state index is 0.190. The number of nitrogens with one attached hydrogen (secondary N) is 2. The Morgan fingerprint density at radius 3 is 3.17 bits per heavy atom.